The van der Waals surface area contributed by atoms with E-state index in [0.29, 0.717) is 21.5 Å². The molecule has 0 heterocycles. The van der Waals surface area contributed by atoms with Crippen molar-refractivity contribution >= 4 is 56.7 Å². The maximum absolute atomic E-state index is 13.0. The van der Waals surface area contributed by atoms with Crippen LogP contribution in [0.1, 0.15) is 23.7 Å². The summed E-state index contributed by atoms with van der Waals surface area (Å²) in [5, 5.41) is 3.05. The predicted octanol–water partition coefficient (Wildman–Crippen LogP) is 7.26. The van der Waals surface area contributed by atoms with Gasteiger partial charge in [0.25, 0.3) is 5.91 Å². The Morgan fingerprint density at radius 3 is 2.23 bits per heavy atom. The lowest BCUT2D eigenvalue weighted by Gasteiger charge is -2.13. The fourth-order valence-electron chi connectivity index (χ4n) is 2.47. The largest absolute Gasteiger partial charge is 0.454 e. The van der Waals surface area contributed by atoms with Crippen LogP contribution in [0.15, 0.2) is 59.1 Å². The highest BCUT2D eigenvalue weighted by atomic mass is 79.9. The van der Waals surface area contributed by atoms with Gasteiger partial charge in [-0.2, -0.15) is 0 Å². The minimum absolute atomic E-state index is 0.163. The predicted molar refractivity (Wildman–Crippen MR) is 121 cm³/mol. The number of carbonyl (C=O) groups excluding carboxylic acids is 2. The van der Waals surface area contributed by atoms with E-state index < -0.39 is 17.7 Å². The van der Waals surface area contributed by atoms with Crippen LogP contribution in [0.2, 0.25) is 10.0 Å². The molecule has 5 nitrogen and oxygen atoms in total. The number of nitrogens with one attached hydrogen (secondary N) is 1. The van der Waals surface area contributed by atoms with E-state index in [-0.39, 0.29) is 28.0 Å². The van der Waals surface area contributed by atoms with Gasteiger partial charge in [0.15, 0.2) is 5.75 Å². The zero-order valence-electron chi connectivity index (χ0n) is 16.0. The molecule has 0 aliphatic heterocycles. The molecule has 0 unspecified atom stereocenters. The number of carbonyl (C=O) groups is 2. The van der Waals surface area contributed by atoms with Crippen molar-refractivity contribution < 1.29 is 23.5 Å². The molecule has 0 atom stereocenters. The van der Waals surface area contributed by atoms with E-state index in [4.69, 9.17) is 32.7 Å². The number of hydrogen-bond acceptors (Lipinski definition) is 4. The molecule has 0 fully saturated rings. The minimum Gasteiger partial charge on any atom is -0.454 e. The van der Waals surface area contributed by atoms with Gasteiger partial charge in [0, 0.05) is 28.6 Å². The van der Waals surface area contributed by atoms with Crippen molar-refractivity contribution in [1.82, 2.24) is 0 Å². The van der Waals surface area contributed by atoms with Crippen LogP contribution in [-0.2, 0) is 4.79 Å². The first-order valence-corrected chi connectivity index (χ1v) is 10.6. The normalized spacial score (nSPS) is 10.5. The van der Waals surface area contributed by atoms with Gasteiger partial charge in [0.2, 0.25) is 0 Å². The highest BCUT2D eigenvalue weighted by Gasteiger charge is 2.15. The topological polar surface area (TPSA) is 64.6 Å². The molecule has 1 N–H and O–H groups in total. The summed E-state index contributed by atoms with van der Waals surface area (Å²) in [5.41, 5.74) is 0.803. The van der Waals surface area contributed by atoms with E-state index in [1.807, 2.05) is 0 Å². The molecule has 0 aliphatic rings. The van der Waals surface area contributed by atoms with Crippen LogP contribution in [-0.4, -0.2) is 11.9 Å². The number of ether oxygens (including phenoxy) is 2. The first kappa shape index (κ1) is 23.1. The summed E-state index contributed by atoms with van der Waals surface area (Å²) >= 11 is 15.8. The van der Waals surface area contributed by atoms with Crippen LogP contribution >= 0.6 is 39.1 Å². The summed E-state index contributed by atoms with van der Waals surface area (Å²) < 4.78 is 24.5. The van der Waals surface area contributed by atoms with E-state index >= 15 is 0 Å². The van der Waals surface area contributed by atoms with Gasteiger partial charge in [-0.1, -0.05) is 30.1 Å². The first-order valence-electron chi connectivity index (χ1n) is 9.01. The van der Waals surface area contributed by atoms with Gasteiger partial charge >= 0.3 is 5.97 Å². The summed E-state index contributed by atoms with van der Waals surface area (Å²) in [6.07, 6.45) is 0.214. The third-order valence-corrected chi connectivity index (χ3v) is 5.22. The molecule has 0 saturated heterocycles. The molecule has 31 heavy (non-hydrogen) atoms. The lowest BCUT2D eigenvalue weighted by molar-refractivity contribution is -0.134. The molecule has 3 rings (SSSR count). The first-order chi connectivity index (χ1) is 14.8. The number of anilines is 1. The number of hydrogen-bond donors (Lipinski definition) is 1. The van der Waals surface area contributed by atoms with Crippen molar-refractivity contribution in [3.8, 4) is 17.2 Å². The molecule has 9 heteroatoms. The van der Waals surface area contributed by atoms with Crippen molar-refractivity contribution in [2.24, 2.45) is 0 Å². The lowest BCUT2D eigenvalue weighted by Crippen LogP contribution is -2.12. The Bertz CT molecular complexity index is 1120. The second-order valence-electron chi connectivity index (χ2n) is 6.25. The molecule has 1 amide bonds. The van der Waals surface area contributed by atoms with Crippen LogP contribution in [0.3, 0.4) is 0 Å². The highest BCUT2D eigenvalue weighted by Crippen LogP contribution is 2.40. The molecule has 3 aromatic carbocycles. The van der Waals surface area contributed by atoms with Gasteiger partial charge in [-0.05, 0) is 58.4 Å². The van der Waals surface area contributed by atoms with E-state index in [9.17, 15) is 14.0 Å². The average molecular weight is 527 g/mol. The van der Waals surface area contributed by atoms with Crippen LogP contribution in [0, 0.1) is 5.82 Å². The van der Waals surface area contributed by atoms with Crippen LogP contribution in [0.5, 0.6) is 17.2 Å². The Labute approximate surface area is 196 Å². The Balaban J connectivity index is 1.75. The van der Waals surface area contributed by atoms with Crippen LogP contribution < -0.4 is 14.8 Å². The van der Waals surface area contributed by atoms with E-state index in [1.165, 1.54) is 36.4 Å². The van der Waals surface area contributed by atoms with Gasteiger partial charge in [0.05, 0.1) is 15.7 Å². The minimum atomic E-state index is -0.423. The molecular weight excluding hydrogens is 512 g/mol. The Morgan fingerprint density at radius 2 is 1.65 bits per heavy atom. The monoisotopic (exact) mass is 525 g/mol. The van der Waals surface area contributed by atoms with Gasteiger partial charge in [0.1, 0.15) is 17.3 Å². The SMILES string of the molecule is CCC(=O)Oc1cc(Cl)c(Oc2ccc(NC(=O)c3ccc(F)cc3)c(Br)c2)c(Cl)c1. The number of amides is 1. The lowest BCUT2D eigenvalue weighted by atomic mass is 10.2. The Hall–Kier alpha value is -2.61. The smallest absolute Gasteiger partial charge is 0.310 e. The maximum atomic E-state index is 13.0. The van der Waals surface area contributed by atoms with Gasteiger partial charge in [-0.3, -0.25) is 9.59 Å². The van der Waals surface area contributed by atoms with Gasteiger partial charge in [-0.25, -0.2) is 4.39 Å². The molecule has 0 radical (unpaired) electrons. The number of halogens is 4. The molecular formula is C22H15BrCl2FNO4. The Kier molecular flexibility index (Phi) is 7.54. The van der Waals surface area contributed by atoms with Crippen molar-refractivity contribution in [1.29, 1.82) is 0 Å². The second kappa shape index (κ2) is 10.1. The molecule has 0 aliphatic carbocycles. The average Bonchev–Trinajstić information content (AvgIpc) is 2.73. The number of benzene rings is 3. The number of esters is 1. The Morgan fingerprint density at radius 1 is 1.00 bits per heavy atom. The highest BCUT2D eigenvalue weighted by molar-refractivity contribution is 9.10. The standard InChI is InChI=1S/C22H15BrCl2FNO4/c1-2-20(28)30-15-10-17(24)21(18(25)11-15)31-14-7-8-19(16(23)9-14)27-22(29)12-3-5-13(26)6-4-12/h3-11H,2H2,1H3,(H,27,29). The van der Waals surface area contributed by atoms with Gasteiger partial charge < -0.3 is 14.8 Å². The van der Waals surface area contributed by atoms with E-state index in [1.54, 1.807) is 25.1 Å². The second-order valence-corrected chi connectivity index (χ2v) is 7.92. The van der Waals surface area contributed by atoms with E-state index in [0.717, 1.165) is 0 Å². The summed E-state index contributed by atoms with van der Waals surface area (Å²) in [6.45, 7) is 1.67. The zero-order chi connectivity index (χ0) is 22.5. The van der Waals surface area contributed by atoms with Gasteiger partial charge in [-0.15, -0.1) is 0 Å². The molecule has 0 spiro atoms. The molecule has 0 aromatic heterocycles. The van der Waals surface area contributed by atoms with Crippen molar-refractivity contribution in [3.05, 3.63) is 80.5 Å². The fourth-order valence-corrected chi connectivity index (χ4v) is 3.47. The summed E-state index contributed by atoms with van der Waals surface area (Å²) in [7, 11) is 0. The molecule has 160 valence electrons. The molecule has 3 aromatic rings. The third-order valence-electron chi connectivity index (χ3n) is 4.01. The molecule has 0 saturated carbocycles. The van der Waals surface area contributed by atoms with Crippen molar-refractivity contribution in [2.45, 2.75) is 13.3 Å². The zero-order valence-corrected chi connectivity index (χ0v) is 19.1. The summed E-state index contributed by atoms with van der Waals surface area (Å²) in [4.78, 5) is 23.8. The number of rotatable bonds is 6. The van der Waals surface area contributed by atoms with Crippen molar-refractivity contribution in [3.63, 3.8) is 0 Å². The van der Waals surface area contributed by atoms with E-state index in [2.05, 4.69) is 21.2 Å². The quantitative estimate of drug-likeness (QED) is 0.271. The maximum Gasteiger partial charge on any atom is 0.310 e. The van der Waals surface area contributed by atoms with Crippen LogP contribution in [0.4, 0.5) is 10.1 Å². The summed E-state index contributed by atoms with van der Waals surface area (Å²) in [5.74, 6) is -0.425. The third kappa shape index (κ3) is 5.97. The van der Waals surface area contributed by atoms with Crippen molar-refractivity contribution in [2.75, 3.05) is 5.32 Å². The summed E-state index contributed by atoms with van der Waals surface area (Å²) in [6, 6.07) is 12.9. The molecule has 0 bridgehead atoms. The fraction of sp³-hybridized carbons (Fsp3) is 0.0909. The van der Waals surface area contributed by atoms with Crippen LogP contribution in [0.25, 0.3) is 0 Å².